The lowest BCUT2D eigenvalue weighted by atomic mass is 9.74. The Labute approximate surface area is 199 Å². The Morgan fingerprint density at radius 3 is 1.97 bits per heavy atom. The van der Waals surface area contributed by atoms with Gasteiger partial charge in [-0.15, -0.1) is 0 Å². The van der Waals surface area contributed by atoms with Crippen molar-refractivity contribution in [3.8, 4) is 0 Å². The third kappa shape index (κ3) is 4.20. The van der Waals surface area contributed by atoms with Crippen molar-refractivity contribution in [2.24, 2.45) is 0 Å². The van der Waals surface area contributed by atoms with Crippen LogP contribution in [0.2, 0.25) is 0 Å². The van der Waals surface area contributed by atoms with E-state index in [2.05, 4.69) is 116 Å². The molecule has 0 amide bonds. The van der Waals surface area contributed by atoms with Gasteiger partial charge >= 0.3 is 0 Å². The molecule has 0 aliphatic carbocycles. The van der Waals surface area contributed by atoms with Crippen LogP contribution >= 0.6 is 21.0 Å². The molecule has 0 unspecified atom stereocenters. The minimum Gasteiger partial charge on any atom is -0.314 e. The van der Waals surface area contributed by atoms with Crippen LogP contribution in [0.5, 0.6) is 0 Å². The summed E-state index contributed by atoms with van der Waals surface area (Å²) in [7, 11) is 0. The van der Waals surface area contributed by atoms with Gasteiger partial charge in [-0.3, -0.25) is 0 Å². The molecular weight excluding hydrogens is 489 g/mol. The van der Waals surface area contributed by atoms with E-state index >= 15 is 0 Å². The van der Waals surface area contributed by atoms with Gasteiger partial charge in [-0.05, 0) is 84.6 Å². The van der Waals surface area contributed by atoms with Gasteiger partial charge in [-0.25, -0.2) is 0 Å². The van der Waals surface area contributed by atoms with Crippen LogP contribution in [0.1, 0.15) is 83.4 Å². The van der Waals surface area contributed by atoms with Gasteiger partial charge in [-0.2, -0.15) is 0 Å². The summed E-state index contributed by atoms with van der Waals surface area (Å²) in [4.78, 5) is 0. The van der Waals surface area contributed by atoms with Gasteiger partial charge in [0.15, 0.2) is 0 Å². The lowest BCUT2D eigenvalue weighted by Crippen LogP contribution is -2.48. The fourth-order valence-electron chi connectivity index (χ4n) is 5.09. The molecular formula is C29H36IN. The van der Waals surface area contributed by atoms with E-state index in [9.17, 15) is 0 Å². The molecule has 1 aliphatic rings. The number of benzene rings is 3. The Morgan fingerprint density at radius 1 is 0.774 bits per heavy atom. The number of rotatable bonds is 4. The number of halogens is 1. The summed E-state index contributed by atoms with van der Waals surface area (Å²) in [6.45, 7) is 16.7. The smallest absolute Gasteiger partial charge is 0.0528 e. The van der Waals surface area contributed by atoms with Gasteiger partial charge in [-0.1, -0.05) is 95.3 Å². The van der Waals surface area contributed by atoms with Crippen molar-refractivity contribution in [1.29, 1.82) is 0 Å². The molecule has 0 aromatic heterocycles. The van der Waals surface area contributed by atoms with E-state index in [1.807, 2.05) is 0 Å². The molecule has 0 saturated carbocycles. The van der Waals surface area contributed by atoms with E-state index in [4.69, 9.17) is 0 Å². The highest BCUT2D eigenvalue weighted by Crippen LogP contribution is 2.49. The first kappa shape index (κ1) is 22.5. The van der Waals surface area contributed by atoms with Crippen LogP contribution in [-0.4, -0.2) is 9.55 Å². The zero-order valence-electron chi connectivity index (χ0n) is 20.0. The molecule has 2 heteroatoms. The summed E-state index contributed by atoms with van der Waals surface area (Å²) in [5.41, 5.74) is 6.20. The molecule has 0 fully saturated rings. The number of para-hydroxylation sites is 1. The van der Waals surface area contributed by atoms with Crippen LogP contribution in [0, 0.1) is 0 Å². The predicted molar refractivity (Wildman–Crippen MR) is 147 cm³/mol. The molecule has 0 radical (unpaired) electrons. The Morgan fingerprint density at radius 2 is 1.39 bits per heavy atom. The highest BCUT2D eigenvalue weighted by molar-refractivity contribution is 14.2. The maximum atomic E-state index is 2.79. The number of nitrogens with zero attached hydrogens (tertiary/aromatic N) is 1. The molecule has 31 heavy (non-hydrogen) atoms. The summed E-state index contributed by atoms with van der Waals surface area (Å²) in [5.74, 6) is 1.06. The Balaban J connectivity index is 1.82. The second-order valence-electron chi connectivity index (χ2n) is 10.6. The van der Waals surface area contributed by atoms with Gasteiger partial charge in [0.05, 0.1) is 5.69 Å². The molecule has 0 bridgehead atoms. The van der Waals surface area contributed by atoms with Crippen LogP contribution in [0.4, 0.5) is 5.69 Å². The topological polar surface area (TPSA) is 3.24 Å². The lowest BCUT2D eigenvalue weighted by Gasteiger charge is -2.48. The third-order valence-corrected chi connectivity index (χ3v) is 10.7. The van der Waals surface area contributed by atoms with E-state index in [1.54, 1.807) is 0 Å². The number of hydrogen-bond acceptors (Lipinski definition) is 1. The highest BCUT2D eigenvalue weighted by atomic mass is 127. The Bertz CT molecular complexity index is 1100. The van der Waals surface area contributed by atoms with Crippen LogP contribution < -0.4 is 3.11 Å². The second-order valence-corrected chi connectivity index (χ2v) is 12.7. The molecule has 1 heterocycles. The second kappa shape index (κ2) is 8.35. The zero-order valence-corrected chi connectivity index (χ0v) is 22.2. The fraction of sp³-hybridized carbons (Fsp3) is 0.414. The van der Waals surface area contributed by atoms with Gasteiger partial charge in [0.2, 0.25) is 0 Å². The largest absolute Gasteiger partial charge is 0.314 e. The summed E-state index contributed by atoms with van der Waals surface area (Å²) < 4.78 is 5.46. The zero-order chi connectivity index (χ0) is 22.4. The monoisotopic (exact) mass is 525 g/mol. The Kier molecular flexibility index (Phi) is 6.06. The molecule has 1 aliphatic heterocycles. The number of anilines is 1. The molecule has 164 valence electrons. The Hall–Kier alpha value is -1.68. The van der Waals surface area contributed by atoms with Crippen molar-refractivity contribution in [3.63, 3.8) is 0 Å². The minimum atomic E-state index is -0.255. The molecule has 1 nitrogen and oxygen atoms in total. The van der Waals surface area contributed by atoms with Crippen LogP contribution in [0.15, 0.2) is 60.7 Å². The van der Waals surface area contributed by atoms with E-state index in [-0.39, 0.29) is 32.0 Å². The molecule has 1 atom stereocenters. The van der Waals surface area contributed by atoms with Crippen molar-refractivity contribution < 1.29 is 0 Å². The molecule has 0 N–H and O–H groups in total. The predicted octanol–water partition coefficient (Wildman–Crippen LogP) is 8.72. The van der Waals surface area contributed by atoms with Crippen LogP contribution in [0.25, 0.3) is 10.8 Å². The lowest BCUT2D eigenvalue weighted by molar-refractivity contribution is 0.413. The average molecular weight is 526 g/mol. The molecule has 4 rings (SSSR count). The van der Waals surface area contributed by atoms with E-state index in [0.29, 0.717) is 11.8 Å². The van der Waals surface area contributed by atoms with Gasteiger partial charge in [0.25, 0.3) is 0 Å². The summed E-state index contributed by atoms with van der Waals surface area (Å²) in [6.07, 6.45) is 1.13. The number of hydrogen-bond donors (Lipinski definition) is 0. The SMILES string of the molecule is CC(C)c1cccc(C(C)C)c1N1I=C[C@](C)(c2ccc3ccccc3c2)CC1(C)C. The van der Waals surface area contributed by atoms with E-state index < -0.39 is 0 Å². The first-order valence-corrected chi connectivity index (χ1v) is 13.7. The molecule has 3 aromatic rings. The van der Waals surface area contributed by atoms with Crippen molar-refractivity contribution in [1.82, 2.24) is 0 Å². The maximum absolute atomic E-state index is 2.79. The highest BCUT2D eigenvalue weighted by Gasteiger charge is 2.41. The first-order chi connectivity index (χ1) is 14.6. The van der Waals surface area contributed by atoms with Crippen molar-refractivity contribution in [3.05, 3.63) is 77.4 Å². The third-order valence-electron chi connectivity index (χ3n) is 6.67. The van der Waals surface area contributed by atoms with E-state index in [0.717, 1.165) is 6.42 Å². The quantitative estimate of drug-likeness (QED) is 0.243. The van der Waals surface area contributed by atoms with Crippen LogP contribution in [-0.2, 0) is 5.41 Å². The average Bonchev–Trinajstić information content (AvgIpc) is 2.72. The van der Waals surface area contributed by atoms with Crippen molar-refractivity contribution in [2.45, 2.75) is 77.7 Å². The maximum Gasteiger partial charge on any atom is 0.0528 e. The molecule has 3 aromatic carbocycles. The molecule has 0 spiro atoms. The normalized spacial score (nSPS) is 21.0. The summed E-state index contributed by atoms with van der Waals surface area (Å²) >= 11 is -0.255. The minimum absolute atomic E-state index is 0.108. The van der Waals surface area contributed by atoms with Gasteiger partial charge < -0.3 is 3.11 Å². The first-order valence-electron chi connectivity index (χ1n) is 11.5. The summed E-state index contributed by atoms with van der Waals surface area (Å²) in [5, 5.41) is 2.67. The number of fused-ring (bicyclic) bond motifs is 1. The van der Waals surface area contributed by atoms with E-state index in [1.165, 1.54) is 33.2 Å². The summed E-state index contributed by atoms with van der Waals surface area (Å²) in [6, 6.07) is 22.8. The van der Waals surface area contributed by atoms with Gasteiger partial charge in [0.1, 0.15) is 0 Å². The van der Waals surface area contributed by atoms with Crippen molar-refractivity contribution in [2.75, 3.05) is 3.11 Å². The van der Waals surface area contributed by atoms with Gasteiger partial charge in [0, 0.05) is 11.0 Å². The standard InChI is InChI=1S/C29H36IN/c1-20(2)25-13-10-14-26(21(3)4)27(25)31-28(5,6)18-29(7,19-30-31)24-16-15-22-11-8-9-12-23(22)17-24/h8-17,19-21H,18H2,1-7H3/t29-/m1/s1. The fourth-order valence-corrected chi connectivity index (χ4v) is 8.33. The van der Waals surface area contributed by atoms with Crippen LogP contribution in [0.3, 0.4) is 0 Å². The molecule has 0 saturated heterocycles. The van der Waals surface area contributed by atoms with Crippen molar-refractivity contribution >= 4 is 41.5 Å².